The molecule has 0 radical (unpaired) electrons. The third-order valence-corrected chi connectivity index (χ3v) is 2.97. The van der Waals surface area contributed by atoms with E-state index in [-0.39, 0.29) is 11.7 Å². The minimum atomic E-state index is -0.774. The Morgan fingerprint density at radius 1 is 1.16 bits per heavy atom. The Kier molecular flexibility index (Phi) is 3.92. The average molecular weight is 258 g/mol. The van der Waals surface area contributed by atoms with Crippen LogP contribution in [0.5, 0.6) is 0 Å². The fourth-order valence-corrected chi connectivity index (χ4v) is 1.77. The standard InChI is InChI=1S/C15H15FN2O/c1-10-12(16)8-5-9-13(10)18-15(19)14(17)11-6-3-2-4-7-11/h2-9,14H,17H2,1H3,(H,18,19)/t14-/m0/s1. The van der Waals surface area contributed by atoms with E-state index in [9.17, 15) is 9.18 Å². The molecule has 98 valence electrons. The first-order chi connectivity index (χ1) is 9.09. The van der Waals surface area contributed by atoms with Gasteiger partial charge in [-0.2, -0.15) is 0 Å². The predicted octanol–water partition coefficient (Wildman–Crippen LogP) is 2.77. The molecule has 3 nitrogen and oxygen atoms in total. The van der Waals surface area contributed by atoms with E-state index in [1.54, 1.807) is 31.2 Å². The molecule has 2 aromatic carbocycles. The van der Waals surface area contributed by atoms with Crippen LogP contribution in [0.4, 0.5) is 10.1 Å². The largest absolute Gasteiger partial charge is 0.324 e. The number of amides is 1. The number of benzene rings is 2. The van der Waals surface area contributed by atoms with Crippen LogP contribution in [-0.4, -0.2) is 5.91 Å². The van der Waals surface area contributed by atoms with Crippen molar-refractivity contribution < 1.29 is 9.18 Å². The molecule has 19 heavy (non-hydrogen) atoms. The third-order valence-electron chi connectivity index (χ3n) is 2.97. The van der Waals surface area contributed by atoms with Gasteiger partial charge in [0.1, 0.15) is 11.9 Å². The van der Waals surface area contributed by atoms with Gasteiger partial charge in [0.2, 0.25) is 5.91 Å². The van der Waals surface area contributed by atoms with Gasteiger partial charge in [-0.05, 0) is 24.6 Å². The molecule has 0 aliphatic rings. The van der Waals surface area contributed by atoms with Crippen LogP contribution >= 0.6 is 0 Å². The van der Waals surface area contributed by atoms with Crippen LogP contribution in [0.1, 0.15) is 17.2 Å². The molecule has 0 saturated heterocycles. The molecule has 0 spiro atoms. The van der Waals surface area contributed by atoms with Gasteiger partial charge in [0.15, 0.2) is 0 Å². The SMILES string of the molecule is Cc1c(F)cccc1NC(=O)[C@@H](N)c1ccccc1. The quantitative estimate of drug-likeness (QED) is 0.889. The van der Waals surface area contributed by atoms with Crippen LogP contribution in [0.3, 0.4) is 0 Å². The maximum absolute atomic E-state index is 13.4. The number of carbonyl (C=O) groups excluding carboxylic acids is 1. The predicted molar refractivity (Wildman–Crippen MR) is 73.1 cm³/mol. The van der Waals surface area contributed by atoms with E-state index in [2.05, 4.69) is 5.32 Å². The molecule has 2 aromatic rings. The first-order valence-corrected chi connectivity index (χ1v) is 5.96. The van der Waals surface area contributed by atoms with Crippen LogP contribution < -0.4 is 11.1 Å². The minimum Gasteiger partial charge on any atom is -0.324 e. The number of halogens is 1. The molecule has 0 aliphatic carbocycles. The normalized spacial score (nSPS) is 11.9. The van der Waals surface area contributed by atoms with Gasteiger partial charge < -0.3 is 11.1 Å². The van der Waals surface area contributed by atoms with Crippen LogP contribution in [0.25, 0.3) is 0 Å². The van der Waals surface area contributed by atoms with Crippen LogP contribution in [0, 0.1) is 12.7 Å². The fourth-order valence-electron chi connectivity index (χ4n) is 1.77. The second kappa shape index (κ2) is 5.63. The van der Waals surface area contributed by atoms with Crippen molar-refractivity contribution in [2.45, 2.75) is 13.0 Å². The Morgan fingerprint density at radius 2 is 1.84 bits per heavy atom. The molecule has 2 rings (SSSR count). The molecule has 0 heterocycles. The highest BCUT2D eigenvalue weighted by atomic mass is 19.1. The number of rotatable bonds is 3. The summed E-state index contributed by atoms with van der Waals surface area (Å²) in [6, 6.07) is 12.8. The first kappa shape index (κ1) is 13.2. The Hall–Kier alpha value is -2.20. The molecular weight excluding hydrogens is 243 g/mol. The van der Waals surface area contributed by atoms with E-state index < -0.39 is 6.04 Å². The van der Waals surface area contributed by atoms with Gasteiger partial charge in [0.05, 0.1) is 0 Å². The van der Waals surface area contributed by atoms with Gasteiger partial charge in [0.25, 0.3) is 0 Å². The topological polar surface area (TPSA) is 55.1 Å². The lowest BCUT2D eigenvalue weighted by molar-refractivity contribution is -0.117. The van der Waals surface area contributed by atoms with E-state index >= 15 is 0 Å². The summed E-state index contributed by atoms with van der Waals surface area (Å²) in [5, 5.41) is 2.65. The summed E-state index contributed by atoms with van der Waals surface area (Å²) < 4.78 is 13.4. The van der Waals surface area contributed by atoms with Crippen molar-refractivity contribution in [2.75, 3.05) is 5.32 Å². The summed E-state index contributed by atoms with van der Waals surface area (Å²) in [6.45, 7) is 1.61. The summed E-state index contributed by atoms with van der Waals surface area (Å²) in [4.78, 5) is 12.0. The molecule has 0 aromatic heterocycles. The number of nitrogens with two attached hydrogens (primary N) is 1. The molecule has 4 heteroatoms. The molecule has 0 bridgehead atoms. The number of anilines is 1. The van der Waals surface area contributed by atoms with E-state index in [4.69, 9.17) is 5.73 Å². The van der Waals surface area contributed by atoms with Gasteiger partial charge in [-0.3, -0.25) is 4.79 Å². The molecule has 0 fully saturated rings. The third kappa shape index (κ3) is 2.98. The Labute approximate surface area is 111 Å². The second-order valence-electron chi connectivity index (χ2n) is 4.29. The van der Waals surface area contributed by atoms with Crippen molar-refractivity contribution in [3.05, 3.63) is 65.5 Å². The lowest BCUT2D eigenvalue weighted by atomic mass is 10.1. The zero-order valence-corrected chi connectivity index (χ0v) is 10.6. The number of hydrogen-bond acceptors (Lipinski definition) is 2. The van der Waals surface area contributed by atoms with Gasteiger partial charge in [-0.25, -0.2) is 4.39 Å². The lowest BCUT2D eigenvalue weighted by Gasteiger charge is -2.14. The van der Waals surface area contributed by atoms with E-state index in [0.29, 0.717) is 16.8 Å². The molecule has 0 aliphatic heterocycles. The molecule has 1 atom stereocenters. The van der Waals surface area contributed by atoms with E-state index in [1.165, 1.54) is 6.07 Å². The fraction of sp³-hybridized carbons (Fsp3) is 0.133. The number of nitrogens with one attached hydrogen (secondary N) is 1. The number of hydrogen-bond donors (Lipinski definition) is 2. The number of carbonyl (C=O) groups is 1. The van der Waals surface area contributed by atoms with Gasteiger partial charge >= 0.3 is 0 Å². The molecule has 0 saturated carbocycles. The highest BCUT2D eigenvalue weighted by Crippen LogP contribution is 2.19. The van der Waals surface area contributed by atoms with Crippen molar-refractivity contribution in [3.8, 4) is 0 Å². The van der Waals surface area contributed by atoms with E-state index in [0.717, 1.165) is 0 Å². The summed E-state index contributed by atoms with van der Waals surface area (Å²) >= 11 is 0. The van der Waals surface area contributed by atoms with Gasteiger partial charge in [-0.15, -0.1) is 0 Å². The highest BCUT2D eigenvalue weighted by Gasteiger charge is 2.16. The smallest absolute Gasteiger partial charge is 0.245 e. The summed E-state index contributed by atoms with van der Waals surface area (Å²) in [7, 11) is 0. The first-order valence-electron chi connectivity index (χ1n) is 5.96. The Balaban J connectivity index is 2.15. The average Bonchev–Trinajstić information content (AvgIpc) is 2.44. The zero-order chi connectivity index (χ0) is 13.8. The van der Waals surface area contributed by atoms with Crippen molar-refractivity contribution in [2.24, 2.45) is 5.73 Å². The second-order valence-corrected chi connectivity index (χ2v) is 4.29. The van der Waals surface area contributed by atoms with Crippen molar-refractivity contribution in [1.29, 1.82) is 0 Å². The van der Waals surface area contributed by atoms with Gasteiger partial charge in [0, 0.05) is 11.3 Å². The van der Waals surface area contributed by atoms with Crippen molar-refractivity contribution in [3.63, 3.8) is 0 Å². The maximum atomic E-state index is 13.4. The monoisotopic (exact) mass is 258 g/mol. The summed E-state index contributed by atoms with van der Waals surface area (Å²) in [5.74, 6) is -0.717. The molecule has 3 N–H and O–H groups in total. The van der Waals surface area contributed by atoms with E-state index in [1.807, 2.05) is 18.2 Å². The molecular formula is C15H15FN2O. The van der Waals surface area contributed by atoms with Crippen molar-refractivity contribution >= 4 is 11.6 Å². The van der Waals surface area contributed by atoms with Crippen LogP contribution in [0.15, 0.2) is 48.5 Å². The zero-order valence-electron chi connectivity index (χ0n) is 10.6. The minimum absolute atomic E-state index is 0.355. The lowest BCUT2D eigenvalue weighted by Crippen LogP contribution is -2.28. The van der Waals surface area contributed by atoms with Gasteiger partial charge in [-0.1, -0.05) is 36.4 Å². The van der Waals surface area contributed by atoms with Crippen molar-refractivity contribution in [1.82, 2.24) is 0 Å². The summed E-state index contributed by atoms with van der Waals surface area (Å²) in [5.41, 5.74) is 7.43. The Morgan fingerprint density at radius 3 is 2.53 bits per heavy atom. The highest BCUT2D eigenvalue weighted by molar-refractivity contribution is 5.95. The summed E-state index contributed by atoms with van der Waals surface area (Å²) in [6.07, 6.45) is 0. The maximum Gasteiger partial charge on any atom is 0.245 e. The Bertz CT molecular complexity index is 584. The van der Waals surface area contributed by atoms with Crippen LogP contribution in [-0.2, 0) is 4.79 Å². The molecule has 0 unspecified atom stereocenters. The molecule has 1 amide bonds. The van der Waals surface area contributed by atoms with Crippen LogP contribution in [0.2, 0.25) is 0 Å².